The maximum absolute atomic E-state index is 12.3. The van der Waals surface area contributed by atoms with Gasteiger partial charge in [0.25, 0.3) is 11.8 Å². The molecule has 0 aromatic heterocycles. The highest BCUT2D eigenvalue weighted by Crippen LogP contribution is 2.21. The lowest BCUT2D eigenvalue weighted by atomic mass is 10.2. The number of para-hydroxylation sites is 1. The predicted molar refractivity (Wildman–Crippen MR) is 107 cm³/mol. The summed E-state index contributed by atoms with van der Waals surface area (Å²) < 4.78 is 12.0. The molecule has 0 bridgehead atoms. The van der Waals surface area contributed by atoms with E-state index < -0.39 is 11.8 Å². The molecule has 2 N–H and O–H groups in total. The van der Waals surface area contributed by atoms with Crippen molar-refractivity contribution in [1.29, 1.82) is 0 Å². The van der Waals surface area contributed by atoms with Crippen LogP contribution in [0, 0.1) is 6.92 Å². The normalized spacial score (nSPS) is 10.2. The van der Waals surface area contributed by atoms with E-state index in [1.165, 1.54) is 0 Å². The minimum absolute atomic E-state index is 0.212. The van der Waals surface area contributed by atoms with E-state index in [1.807, 2.05) is 19.1 Å². The predicted octanol–water partition coefficient (Wildman–Crippen LogP) is 3.78. The Morgan fingerprint density at radius 2 is 1.85 bits per heavy atom. The monoisotopic (exact) mass is 434 g/mol. The van der Waals surface area contributed by atoms with Crippen molar-refractivity contribution in [3.8, 4) is 11.5 Å². The quantitative estimate of drug-likeness (QED) is 0.489. The van der Waals surface area contributed by atoms with Gasteiger partial charge in [0, 0.05) is 4.47 Å². The summed E-state index contributed by atoms with van der Waals surface area (Å²) in [6, 6.07) is 12.3. The van der Waals surface area contributed by atoms with Crippen LogP contribution in [0.15, 0.2) is 46.9 Å². The molecule has 0 atom stereocenters. The standard InChI is InChI=1S/C20H23BrN2O4/c1-3-4-11-26-18-8-6-5-7-16(18)20(25)23-22-19(24)13-27-15-9-10-17(21)14(2)12-15/h5-10,12H,3-4,11,13H2,1-2H3,(H,22,24)(H,23,25). The molecular formula is C20H23BrN2O4. The second-order valence-electron chi connectivity index (χ2n) is 5.90. The highest BCUT2D eigenvalue weighted by Gasteiger charge is 2.13. The SMILES string of the molecule is CCCCOc1ccccc1C(=O)NNC(=O)COc1ccc(Br)c(C)c1. The van der Waals surface area contributed by atoms with Gasteiger partial charge >= 0.3 is 0 Å². The average Bonchev–Trinajstić information content (AvgIpc) is 2.67. The number of amides is 2. The van der Waals surface area contributed by atoms with Crippen molar-refractivity contribution in [2.45, 2.75) is 26.7 Å². The van der Waals surface area contributed by atoms with Gasteiger partial charge in [-0.05, 0) is 49.2 Å². The van der Waals surface area contributed by atoms with Gasteiger partial charge < -0.3 is 9.47 Å². The fraction of sp³-hybridized carbons (Fsp3) is 0.300. The van der Waals surface area contributed by atoms with Gasteiger partial charge in [0.1, 0.15) is 11.5 Å². The number of benzene rings is 2. The molecule has 0 aliphatic carbocycles. The maximum atomic E-state index is 12.3. The van der Waals surface area contributed by atoms with E-state index in [2.05, 4.69) is 33.7 Å². The number of nitrogens with one attached hydrogen (secondary N) is 2. The summed E-state index contributed by atoms with van der Waals surface area (Å²) in [5.41, 5.74) is 6.08. The number of ether oxygens (including phenoxy) is 2. The zero-order valence-corrected chi connectivity index (χ0v) is 17.0. The number of halogens is 1. The molecule has 2 aromatic carbocycles. The van der Waals surface area contributed by atoms with Crippen LogP contribution in [-0.4, -0.2) is 25.0 Å². The van der Waals surface area contributed by atoms with E-state index >= 15 is 0 Å². The van der Waals surface area contributed by atoms with Crippen LogP contribution in [0.1, 0.15) is 35.7 Å². The molecule has 144 valence electrons. The zero-order valence-electron chi connectivity index (χ0n) is 15.4. The molecule has 0 aliphatic rings. The van der Waals surface area contributed by atoms with Crippen LogP contribution in [0.5, 0.6) is 11.5 Å². The Kier molecular flexibility index (Phi) is 8.13. The summed E-state index contributed by atoms with van der Waals surface area (Å²) in [5, 5.41) is 0. The molecule has 2 rings (SSSR count). The second-order valence-corrected chi connectivity index (χ2v) is 6.75. The molecule has 0 heterocycles. The van der Waals surface area contributed by atoms with E-state index in [0.717, 1.165) is 22.9 Å². The van der Waals surface area contributed by atoms with Crippen LogP contribution >= 0.6 is 15.9 Å². The van der Waals surface area contributed by atoms with Gasteiger partial charge in [0.15, 0.2) is 6.61 Å². The largest absolute Gasteiger partial charge is 0.493 e. The van der Waals surface area contributed by atoms with Crippen molar-refractivity contribution in [1.82, 2.24) is 10.9 Å². The van der Waals surface area contributed by atoms with E-state index in [9.17, 15) is 9.59 Å². The first kappa shape index (κ1) is 20.8. The fourth-order valence-corrected chi connectivity index (χ4v) is 2.44. The highest BCUT2D eigenvalue weighted by atomic mass is 79.9. The summed E-state index contributed by atoms with van der Waals surface area (Å²) >= 11 is 3.41. The van der Waals surface area contributed by atoms with Crippen LogP contribution in [0.2, 0.25) is 0 Å². The third-order valence-electron chi connectivity index (χ3n) is 3.70. The van der Waals surface area contributed by atoms with Crippen molar-refractivity contribution < 1.29 is 19.1 Å². The molecule has 0 unspecified atom stereocenters. The Hall–Kier alpha value is -2.54. The van der Waals surface area contributed by atoms with Crippen molar-refractivity contribution in [2.24, 2.45) is 0 Å². The number of hydrogen-bond donors (Lipinski definition) is 2. The van der Waals surface area contributed by atoms with Gasteiger partial charge in [0.2, 0.25) is 0 Å². The van der Waals surface area contributed by atoms with Gasteiger partial charge in [0.05, 0.1) is 12.2 Å². The van der Waals surface area contributed by atoms with Gasteiger partial charge in [-0.1, -0.05) is 41.4 Å². The summed E-state index contributed by atoms with van der Waals surface area (Å²) in [7, 11) is 0. The molecule has 2 amide bonds. The summed E-state index contributed by atoms with van der Waals surface area (Å²) in [6.07, 6.45) is 1.90. The summed E-state index contributed by atoms with van der Waals surface area (Å²) in [5.74, 6) is 0.148. The van der Waals surface area contributed by atoms with Crippen molar-refractivity contribution in [2.75, 3.05) is 13.2 Å². The second kappa shape index (κ2) is 10.6. The fourth-order valence-electron chi connectivity index (χ4n) is 2.19. The number of aryl methyl sites for hydroxylation is 1. The van der Waals surface area contributed by atoms with Crippen LogP contribution < -0.4 is 20.3 Å². The number of unbranched alkanes of at least 4 members (excludes halogenated alkanes) is 1. The smallest absolute Gasteiger partial charge is 0.276 e. The van der Waals surface area contributed by atoms with Crippen LogP contribution in [0.4, 0.5) is 0 Å². The Labute approximate surface area is 167 Å². The molecule has 0 radical (unpaired) electrons. The summed E-state index contributed by atoms with van der Waals surface area (Å²) in [6.45, 7) is 4.32. The zero-order chi connectivity index (χ0) is 19.6. The minimum atomic E-state index is -0.465. The molecule has 27 heavy (non-hydrogen) atoms. The molecule has 0 saturated carbocycles. The topological polar surface area (TPSA) is 76.7 Å². The van der Waals surface area contributed by atoms with Gasteiger partial charge in [-0.25, -0.2) is 0 Å². The molecule has 0 spiro atoms. The molecule has 0 aliphatic heterocycles. The molecular weight excluding hydrogens is 412 g/mol. The average molecular weight is 435 g/mol. The van der Waals surface area contributed by atoms with E-state index in [0.29, 0.717) is 23.7 Å². The van der Waals surface area contributed by atoms with Crippen LogP contribution in [-0.2, 0) is 4.79 Å². The molecule has 0 fully saturated rings. The minimum Gasteiger partial charge on any atom is -0.493 e. The van der Waals surface area contributed by atoms with Crippen molar-refractivity contribution in [3.63, 3.8) is 0 Å². The number of rotatable bonds is 8. The molecule has 7 heteroatoms. The van der Waals surface area contributed by atoms with Crippen LogP contribution in [0.3, 0.4) is 0 Å². The third kappa shape index (κ3) is 6.60. The Balaban J connectivity index is 1.84. The van der Waals surface area contributed by atoms with E-state index in [1.54, 1.807) is 30.3 Å². The van der Waals surface area contributed by atoms with Crippen molar-refractivity contribution in [3.05, 3.63) is 58.1 Å². The molecule has 0 saturated heterocycles. The highest BCUT2D eigenvalue weighted by molar-refractivity contribution is 9.10. The number of carbonyl (C=O) groups excluding carboxylic acids is 2. The molecule has 2 aromatic rings. The number of hydrogen-bond acceptors (Lipinski definition) is 4. The van der Waals surface area contributed by atoms with Crippen molar-refractivity contribution >= 4 is 27.7 Å². The third-order valence-corrected chi connectivity index (χ3v) is 4.59. The first-order valence-electron chi connectivity index (χ1n) is 8.71. The first-order chi connectivity index (χ1) is 13.0. The summed E-state index contributed by atoms with van der Waals surface area (Å²) in [4.78, 5) is 24.2. The van der Waals surface area contributed by atoms with E-state index in [4.69, 9.17) is 9.47 Å². The van der Waals surface area contributed by atoms with Gasteiger partial charge in [-0.3, -0.25) is 20.4 Å². The lowest BCUT2D eigenvalue weighted by Gasteiger charge is -2.12. The maximum Gasteiger partial charge on any atom is 0.276 e. The molecule has 6 nitrogen and oxygen atoms in total. The Morgan fingerprint density at radius 1 is 1.07 bits per heavy atom. The lowest BCUT2D eigenvalue weighted by Crippen LogP contribution is -2.43. The first-order valence-corrected chi connectivity index (χ1v) is 9.50. The number of carbonyl (C=O) groups is 2. The van der Waals surface area contributed by atoms with Crippen LogP contribution in [0.25, 0.3) is 0 Å². The number of hydrazine groups is 1. The lowest BCUT2D eigenvalue weighted by molar-refractivity contribution is -0.123. The Morgan fingerprint density at radius 3 is 2.59 bits per heavy atom. The van der Waals surface area contributed by atoms with E-state index in [-0.39, 0.29) is 6.61 Å². The van der Waals surface area contributed by atoms with Gasteiger partial charge in [-0.15, -0.1) is 0 Å². The van der Waals surface area contributed by atoms with Gasteiger partial charge in [-0.2, -0.15) is 0 Å². The Bertz CT molecular complexity index is 795.